The van der Waals surface area contributed by atoms with Crippen LogP contribution in [0.15, 0.2) is 97.1 Å². The second-order valence-corrected chi connectivity index (χ2v) is 7.88. The van der Waals surface area contributed by atoms with Crippen LogP contribution in [0.4, 0.5) is 16.2 Å². The number of carbonyl (C=O) groups excluding carboxylic acids is 1. The molecule has 4 rings (SSSR count). The second-order valence-electron chi connectivity index (χ2n) is 7.88. The van der Waals surface area contributed by atoms with E-state index in [2.05, 4.69) is 0 Å². The first-order chi connectivity index (χ1) is 17.4. The van der Waals surface area contributed by atoms with E-state index in [9.17, 15) is 25.0 Å². The summed E-state index contributed by atoms with van der Waals surface area (Å²) >= 11 is 0. The van der Waals surface area contributed by atoms with Gasteiger partial charge in [0.15, 0.2) is 0 Å². The summed E-state index contributed by atoms with van der Waals surface area (Å²) in [6, 6.07) is 26.3. The van der Waals surface area contributed by atoms with Crippen molar-refractivity contribution in [1.29, 1.82) is 0 Å². The summed E-state index contributed by atoms with van der Waals surface area (Å²) in [7, 11) is 0. The van der Waals surface area contributed by atoms with E-state index in [0.717, 1.165) is 11.1 Å². The Hall–Kier alpha value is -5.05. The van der Waals surface area contributed by atoms with Gasteiger partial charge in [-0.05, 0) is 23.3 Å². The minimum Gasteiger partial charge on any atom is -0.394 e. The van der Waals surface area contributed by atoms with E-state index < -0.39 is 16.0 Å². The van der Waals surface area contributed by atoms with Gasteiger partial charge in [-0.15, -0.1) is 0 Å². The first kappa shape index (κ1) is 24.1. The SMILES string of the molecule is O=C(Oc1ccc([N+](=O)[O-])cc1Cc1ccccc1)Oc1ccc([N+](=O)[O-])cc1Cc1ccccc1. The zero-order valence-corrected chi connectivity index (χ0v) is 18.9. The van der Waals surface area contributed by atoms with Gasteiger partial charge < -0.3 is 9.47 Å². The van der Waals surface area contributed by atoms with Gasteiger partial charge in [-0.3, -0.25) is 20.2 Å². The van der Waals surface area contributed by atoms with Gasteiger partial charge in [-0.25, -0.2) is 4.79 Å². The summed E-state index contributed by atoms with van der Waals surface area (Å²) in [5, 5.41) is 22.5. The van der Waals surface area contributed by atoms with E-state index in [1.165, 1.54) is 36.4 Å². The van der Waals surface area contributed by atoms with Gasteiger partial charge in [0.25, 0.3) is 11.4 Å². The molecule has 0 aromatic heterocycles. The molecule has 0 bridgehead atoms. The molecule has 0 atom stereocenters. The molecule has 0 radical (unpaired) electrons. The number of carbonyl (C=O) groups is 1. The summed E-state index contributed by atoms with van der Waals surface area (Å²) in [6.07, 6.45) is -0.481. The predicted octanol–water partition coefficient (Wildman–Crippen LogP) is 6.26. The predicted molar refractivity (Wildman–Crippen MR) is 131 cm³/mol. The fourth-order valence-corrected chi connectivity index (χ4v) is 3.67. The van der Waals surface area contributed by atoms with Gasteiger partial charge in [-0.1, -0.05) is 60.7 Å². The third-order valence-corrected chi connectivity index (χ3v) is 5.37. The van der Waals surface area contributed by atoms with E-state index in [1.807, 2.05) is 60.7 Å². The molecular formula is C27H20N2O7. The van der Waals surface area contributed by atoms with E-state index in [0.29, 0.717) is 24.0 Å². The zero-order chi connectivity index (χ0) is 25.5. The van der Waals surface area contributed by atoms with Crippen LogP contribution in [0.1, 0.15) is 22.3 Å². The third kappa shape index (κ3) is 6.09. The molecule has 4 aromatic rings. The Morgan fingerprint density at radius 3 is 1.36 bits per heavy atom. The van der Waals surface area contributed by atoms with Gasteiger partial charge in [0.05, 0.1) is 9.85 Å². The van der Waals surface area contributed by atoms with Crippen LogP contribution in [0, 0.1) is 20.2 Å². The van der Waals surface area contributed by atoms with Crippen molar-refractivity contribution in [1.82, 2.24) is 0 Å². The van der Waals surface area contributed by atoms with E-state index in [1.54, 1.807) is 0 Å². The Labute approximate surface area is 205 Å². The number of benzene rings is 4. The smallest absolute Gasteiger partial charge is 0.394 e. The topological polar surface area (TPSA) is 122 Å². The van der Waals surface area contributed by atoms with E-state index >= 15 is 0 Å². The van der Waals surface area contributed by atoms with Crippen LogP contribution in [-0.4, -0.2) is 16.0 Å². The van der Waals surface area contributed by atoms with Crippen molar-refractivity contribution in [2.75, 3.05) is 0 Å². The third-order valence-electron chi connectivity index (χ3n) is 5.37. The van der Waals surface area contributed by atoms with Crippen LogP contribution in [0.2, 0.25) is 0 Å². The highest BCUT2D eigenvalue weighted by Gasteiger charge is 2.19. The number of nitrogens with zero attached hydrogens (tertiary/aromatic N) is 2. The molecule has 0 aliphatic carbocycles. The fourth-order valence-electron chi connectivity index (χ4n) is 3.67. The van der Waals surface area contributed by atoms with Crippen LogP contribution < -0.4 is 9.47 Å². The molecule has 0 aliphatic rings. The molecule has 0 amide bonds. The maximum absolute atomic E-state index is 12.7. The number of hydrogen-bond acceptors (Lipinski definition) is 7. The second kappa shape index (κ2) is 10.9. The van der Waals surface area contributed by atoms with Gasteiger partial charge >= 0.3 is 6.16 Å². The molecule has 0 spiro atoms. The number of ether oxygens (including phenoxy) is 2. The molecule has 0 saturated heterocycles. The monoisotopic (exact) mass is 484 g/mol. The van der Waals surface area contributed by atoms with Crippen molar-refractivity contribution in [2.45, 2.75) is 12.8 Å². The van der Waals surface area contributed by atoms with Gasteiger partial charge in [0.1, 0.15) is 11.5 Å². The Bertz CT molecular complexity index is 1300. The van der Waals surface area contributed by atoms with E-state index in [-0.39, 0.29) is 22.9 Å². The van der Waals surface area contributed by atoms with Crippen molar-refractivity contribution in [3.05, 3.63) is 140 Å². The molecule has 180 valence electrons. The molecule has 0 saturated carbocycles. The van der Waals surface area contributed by atoms with Crippen LogP contribution in [-0.2, 0) is 12.8 Å². The van der Waals surface area contributed by atoms with Gasteiger partial charge in [-0.2, -0.15) is 0 Å². The molecule has 36 heavy (non-hydrogen) atoms. The minimum absolute atomic E-state index is 0.112. The minimum atomic E-state index is -1.07. The summed E-state index contributed by atoms with van der Waals surface area (Å²) in [6.45, 7) is 0. The molecule has 0 aliphatic heterocycles. The molecular weight excluding hydrogens is 464 g/mol. The Morgan fingerprint density at radius 1 is 0.611 bits per heavy atom. The normalized spacial score (nSPS) is 10.4. The zero-order valence-electron chi connectivity index (χ0n) is 18.9. The van der Waals surface area contributed by atoms with Crippen molar-refractivity contribution in [2.24, 2.45) is 0 Å². The lowest BCUT2D eigenvalue weighted by Gasteiger charge is -2.13. The highest BCUT2D eigenvalue weighted by molar-refractivity contribution is 5.69. The maximum atomic E-state index is 12.7. The Balaban J connectivity index is 1.59. The summed E-state index contributed by atoms with van der Waals surface area (Å²) in [5.74, 6) is 0.224. The van der Waals surface area contributed by atoms with Gasteiger partial charge in [0, 0.05) is 48.2 Å². The van der Waals surface area contributed by atoms with Crippen molar-refractivity contribution >= 4 is 17.5 Å². The summed E-state index contributed by atoms with van der Waals surface area (Å²) in [4.78, 5) is 34.2. The largest absolute Gasteiger partial charge is 0.519 e. The summed E-state index contributed by atoms with van der Waals surface area (Å²) < 4.78 is 10.8. The Kier molecular flexibility index (Phi) is 7.30. The number of hydrogen-bond donors (Lipinski definition) is 0. The molecule has 0 unspecified atom stereocenters. The highest BCUT2D eigenvalue weighted by Crippen LogP contribution is 2.30. The molecule has 0 N–H and O–H groups in total. The van der Waals surface area contributed by atoms with Gasteiger partial charge in [0.2, 0.25) is 0 Å². The first-order valence-corrected chi connectivity index (χ1v) is 10.9. The molecule has 4 aromatic carbocycles. The highest BCUT2D eigenvalue weighted by atomic mass is 16.7. The number of non-ortho nitro benzene ring substituents is 2. The molecule has 9 nitrogen and oxygen atoms in total. The van der Waals surface area contributed by atoms with Crippen LogP contribution >= 0.6 is 0 Å². The average molecular weight is 484 g/mol. The number of nitro benzene ring substituents is 2. The first-order valence-electron chi connectivity index (χ1n) is 10.9. The van der Waals surface area contributed by atoms with Crippen LogP contribution in [0.25, 0.3) is 0 Å². The average Bonchev–Trinajstić information content (AvgIpc) is 2.87. The summed E-state index contributed by atoms with van der Waals surface area (Å²) in [5.41, 5.74) is 2.33. The van der Waals surface area contributed by atoms with Crippen molar-refractivity contribution < 1.29 is 24.1 Å². The molecule has 9 heteroatoms. The standard InChI is InChI=1S/C27H20N2O7/c30-27(35-25-13-11-23(28(31)32)17-21(25)15-19-7-3-1-4-8-19)36-26-14-12-24(29(33)34)18-22(26)16-20-9-5-2-6-10-20/h1-14,17-18H,15-16H2. The quantitative estimate of drug-likeness (QED) is 0.125. The molecule has 0 fully saturated rings. The molecule has 0 heterocycles. The lowest BCUT2D eigenvalue weighted by molar-refractivity contribution is -0.385. The van der Waals surface area contributed by atoms with Crippen LogP contribution in [0.3, 0.4) is 0 Å². The van der Waals surface area contributed by atoms with Crippen LogP contribution in [0.5, 0.6) is 11.5 Å². The lowest BCUT2D eigenvalue weighted by Crippen LogP contribution is -2.16. The number of nitro groups is 2. The Morgan fingerprint density at radius 2 is 1.00 bits per heavy atom. The van der Waals surface area contributed by atoms with Crippen molar-refractivity contribution in [3.8, 4) is 11.5 Å². The maximum Gasteiger partial charge on any atom is 0.519 e. The lowest BCUT2D eigenvalue weighted by atomic mass is 10.0. The number of rotatable bonds is 8. The fraction of sp³-hybridized carbons (Fsp3) is 0.0741. The van der Waals surface area contributed by atoms with Crippen molar-refractivity contribution in [3.63, 3.8) is 0 Å². The van der Waals surface area contributed by atoms with E-state index in [4.69, 9.17) is 9.47 Å².